The van der Waals surface area contributed by atoms with Gasteiger partial charge in [0.1, 0.15) is 0 Å². The van der Waals surface area contributed by atoms with Gasteiger partial charge in [-0.05, 0) is 18.3 Å². The van der Waals surface area contributed by atoms with E-state index in [0.717, 1.165) is 6.42 Å². The van der Waals surface area contributed by atoms with Gasteiger partial charge < -0.3 is 0 Å². The average Bonchev–Trinajstić information content (AvgIpc) is 1.82. The van der Waals surface area contributed by atoms with Crippen molar-refractivity contribution in [3.05, 3.63) is 0 Å². The van der Waals surface area contributed by atoms with E-state index >= 15 is 0 Å². The summed E-state index contributed by atoms with van der Waals surface area (Å²) in [5.74, 6) is 0. The van der Waals surface area contributed by atoms with Crippen LogP contribution in [-0.4, -0.2) is 6.18 Å². The van der Waals surface area contributed by atoms with E-state index in [9.17, 15) is 13.2 Å². The molecular formula is C9H15F3. The van der Waals surface area contributed by atoms with E-state index in [1.807, 2.05) is 13.8 Å². The van der Waals surface area contributed by atoms with Crippen molar-refractivity contribution in [2.24, 2.45) is 10.8 Å². The van der Waals surface area contributed by atoms with Crippen LogP contribution in [-0.2, 0) is 0 Å². The van der Waals surface area contributed by atoms with Crippen LogP contribution in [0.2, 0.25) is 0 Å². The second-order valence-corrected chi connectivity index (χ2v) is 4.58. The molecule has 0 atom stereocenters. The van der Waals surface area contributed by atoms with Crippen LogP contribution in [0.4, 0.5) is 13.2 Å². The van der Waals surface area contributed by atoms with Crippen LogP contribution in [0.15, 0.2) is 0 Å². The monoisotopic (exact) mass is 180 g/mol. The highest BCUT2D eigenvalue weighted by molar-refractivity contribution is 5.01. The zero-order valence-corrected chi connectivity index (χ0v) is 7.76. The first kappa shape index (κ1) is 9.87. The Morgan fingerprint density at radius 2 is 1.58 bits per heavy atom. The lowest BCUT2D eigenvalue weighted by molar-refractivity contribution is -0.272. The van der Waals surface area contributed by atoms with Gasteiger partial charge in [-0.15, -0.1) is 0 Å². The molecule has 1 aliphatic rings. The minimum atomic E-state index is -4.01. The number of halogens is 3. The average molecular weight is 180 g/mol. The molecule has 1 aliphatic carbocycles. The van der Waals surface area contributed by atoms with Crippen LogP contribution < -0.4 is 0 Å². The normalized spacial score (nSPS) is 42.5. The summed E-state index contributed by atoms with van der Waals surface area (Å²) in [5, 5.41) is 0. The highest BCUT2D eigenvalue weighted by Crippen LogP contribution is 2.62. The Bertz CT molecular complexity index is 175. The maximum atomic E-state index is 12.4. The van der Waals surface area contributed by atoms with Crippen molar-refractivity contribution in [2.75, 3.05) is 0 Å². The minimum Gasteiger partial charge on any atom is -0.171 e. The van der Waals surface area contributed by atoms with Gasteiger partial charge >= 0.3 is 6.18 Å². The molecule has 0 saturated heterocycles. The Morgan fingerprint density at radius 1 is 1.17 bits per heavy atom. The molecule has 0 nitrogen and oxygen atoms in total. The lowest BCUT2D eigenvalue weighted by Crippen LogP contribution is -2.51. The Labute approximate surface area is 71.1 Å². The molecule has 0 aromatic heterocycles. The van der Waals surface area contributed by atoms with Crippen LogP contribution in [0.5, 0.6) is 0 Å². The predicted molar refractivity (Wildman–Crippen MR) is 41.8 cm³/mol. The molecule has 0 amide bonds. The van der Waals surface area contributed by atoms with E-state index < -0.39 is 11.6 Å². The fourth-order valence-corrected chi connectivity index (χ4v) is 2.28. The third kappa shape index (κ3) is 1.34. The maximum Gasteiger partial charge on any atom is 0.394 e. The van der Waals surface area contributed by atoms with Gasteiger partial charge in [0.15, 0.2) is 0 Å². The summed E-state index contributed by atoms with van der Waals surface area (Å²) in [6.07, 6.45) is -2.58. The quantitative estimate of drug-likeness (QED) is 0.576. The summed E-state index contributed by atoms with van der Waals surface area (Å²) in [7, 11) is 0. The van der Waals surface area contributed by atoms with Gasteiger partial charge in [-0.1, -0.05) is 27.2 Å². The van der Waals surface area contributed by atoms with Crippen molar-refractivity contribution in [3.8, 4) is 0 Å². The molecule has 0 heterocycles. The molecule has 0 N–H and O–H groups in total. The maximum absolute atomic E-state index is 12.4. The van der Waals surface area contributed by atoms with Crippen LogP contribution in [0.3, 0.4) is 0 Å². The largest absolute Gasteiger partial charge is 0.394 e. The van der Waals surface area contributed by atoms with Crippen molar-refractivity contribution in [3.63, 3.8) is 0 Å². The molecule has 3 heteroatoms. The van der Waals surface area contributed by atoms with Crippen molar-refractivity contribution in [1.82, 2.24) is 0 Å². The molecule has 0 aliphatic heterocycles. The molecule has 1 rings (SSSR count). The molecule has 72 valence electrons. The van der Waals surface area contributed by atoms with E-state index in [1.165, 1.54) is 6.92 Å². The second-order valence-electron chi connectivity index (χ2n) is 4.58. The second kappa shape index (κ2) is 2.39. The smallest absolute Gasteiger partial charge is 0.171 e. The van der Waals surface area contributed by atoms with E-state index in [0.29, 0.717) is 12.8 Å². The first-order chi connectivity index (χ1) is 5.22. The standard InChI is InChI=1S/C9H15F3/c1-4-7(2)5-8(3,6-7)9(10,11)12/h4-6H2,1-3H3. The molecule has 1 fully saturated rings. The summed E-state index contributed by atoms with van der Waals surface area (Å²) in [6.45, 7) is 5.21. The summed E-state index contributed by atoms with van der Waals surface area (Å²) in [4.78, 5) is 0. The Balaban J connectivity index is 2.62. The van der Waals surface area contributed by atoms with Gasteiger partial charge in [0, 0.05) is 0 Å². The fourth-order valence-electron chi connectivity index (χ4n) is 2.28. The van der Waals surface area contributed by atoms with Crippen molar-refractivity contribution in [2.45, 2.75) is 46.2 Å². The van der Waals surface area contributed by atoms with Crippen LogP contribution in [0, 0.1) is 10.8 Å². The highest BCUT2D eigenvalue weighted by atomic mass is 19.4. The third-order valence-electron chi connectivity index (χ3n) is 3.17. The van der Waals surface area contributed by atoms with Crippen molar-refractivity contribution < 1.29 is 13.2 Å². The Hall–Kier alpha value is -0.210. The zero-order chi connectivity index (χ0) is 9.62. The third-order valence-corrected chi connectivity index (χ3v) is 3.17. The van der Waals surface area contributed by atoms with Gasteiger partial charge in [0.2, 0.25) is 0 Å². The predicted octanol–water partition coefficient (Wildman–Crippen LogP) is 3.77. The SMILES string of the molecule is CCC1(C)CC(C)(C(F)(F)F)C1. The van der Waals surface area contributed by atoms with Crippen LogP contribution >= 0.6 is 0 Å². The minimum absolute atomic E-state index is 0.0652. The van der Waals surface area contributed by atoms with E-state index in [4.69, 9.17) is 0 Å². The number of hydrogen-bond acceptors (Lipinski definition) is 0. The lowest BCUT2D eigenvalue weighted by atomic mass is 9.53. The van der Waals surface area contributed by atoms with E-state index in [1.54, 1.807) is 0 Å². The first-order valence-electron chi connectivity index (χ1n) is 4.29. The van der Waals surface area contributed by atoms with Crippen molar-refractivity contribution >= 4 is 0 Å². The zero-order valence-electron chi connectivity index (χ0n) is 7.76. The molecule has 0 aromatic carbocycles. The number of alkyl halides is 3. The summed E-state index contributed by atoms with van der Waals surface area (Å²) in [6, 6.07) is 0. The summed E-state index contributed by atoms with van der Waals surface area (Å²) < 4.78 is 37.1. The molecule has 0 bridgehead atoms. The topological polar surface area (TPSA) is 0 Å². The first-order valence-corrected chi connectivity index (χ1v) is 4.29. The van der Waals surface area contributed by atoms with Gasteiger partial charge in [0.05, 0.1) is 5.41 Å². The van der Waals surface area contributed by atoms with Crippen LogP contribution in [0.1, 0.15) is 40.0 Å². The van der Waals surface area contributed by atoms with Crippen LogP contribution in [0.25, 0.3) is 0 Å². The van der Waals surface area contributed by atoms with Gasteiger partial charge in [-0.2, -0.15) is 13.2 Å². The molecule has 0 aromatic rings. The molecular weight excluding hydrogens is 165 g/mol. The summed E-state index contributed by atoms with van der Waals surface area (Å²) >= 11 is 0. The van der Waals surface area contributed by atoms with Gasteiger partial charge in [-0.25, -0.2) is 0 Å². The molecule has 0 radical (unpaired) electrons. The van der Waals surface area contributed by atoms with Gasteiger partial charge in [-0.3, -0.25) is 0 Å². The van der Waals surface area contributed by atoms with Gasteiger partial charge in [0.25, 0.3) is 0 Å². The summed E-state index contributed by atoms with van der Waals surface area (Å²) in [5.41, 5.74) is -1.47. The molecule has 12 heavy (non-hydrogen) atoms. The molecule has 1 saturated carbocycles. The lowest BCUT2D eigenvalue weighted by Gasteiger charge is -2.53. The Morgan fingerprint density at radius 3 is 1.83 bits per heavy atom. The van der Waals surface area contributed by atoms with Crippen molar-refractivity contribution in [1.29, 1.82) is 0 Å². The molecule has 0 spiro atoms. The number of rotatable bonds is 1. The fraction of sp³-hybridized carbons (Fsp3) is 1.00. The highest BCUT2D eigenvalue weighted by Gasteiger charge is 2.62. The van der Waals surface area contributed by atoms with E-state index in [2.05, 4.69) is 0 Å². The Kier molecular flexibility index (Phi) is 1.97. The molecule has 0 unspecified atom stereocenters. The van der Waals surface area contributed by atoms with E-state index in [-0.39, 0.29) is 5.41 Å². The number of hydrogen-bond donors (Lipinski definition) is 0.